The molecule has 228 valence electrons. The van der Waals surface area contributed by atoms with Gasteiger partial charge in [0.1, 0.15) is 0 Å². The first-order chi connectivity index (χ1) is 20.8. The van der Waals surface area contributed by atoms with Gasteiger partial charge in [-0.1, -0.05) is 73.7 Å². The molecule has 0 unspecified atom stereocenters. The first kappa shape index (κ1) is 30.8. The third-order valence-electron chi connectivity index (χ3n) is 8.31. The van der Waals surface area contributed by atoms with Crippen LogP contribution in [0.5, 0.6) is 0 Å². The van der Waals surface area contributed by atoms with Crippen molar-refractivity contribution in [2.75, 3.05) is 19.6 Å². The summed E-state index contributed by atoms with van der Waals surface area (Å²) in [6, 6.07) is 23.8. The second-order valence-electron chi connectivity index (χ2n) is 11.5. The number of aliphatic carboxylic acids is 1. The molecule has 1 amide bonds. The van der Waals surface area contributed by atoms with E-state index < -0.39 is 12.3 Å². The lowest BCUT2D eigenvalue weighted by molar-refractivity contribution is -0.276. The van der Waals surface area contributed by atoms with E-state index in [1.807, 2.05) is 72.8 Å². The molecule has 3 aromatic rings. The molecule has 2 fully saturated rings. The summed E-state index contributed by atoms with van der Waals surface area (Å²) in [6.45, 7) is 4.65. The molecule has 0 spiro atoms. The second-order valence-corrected chi connectivity index (χ2v) is 11.5. The highest BCUT2D eigenvalue weighted by Gasteiger charge is 2.39. The van der Waals surface area contributed by atoms with Crippen LogP contribution < -0.4 is 5.32 Å². The fourth-order valence-corrected chi connectivity index (χ4v) is 5.76. The van der Waals surface area contributed by atoms with E-state index in [9.17, 15) is 19.8 Å². The number of hydrogen-bond donors (Lipinski definition) is 4. The number of nitrogens with one attached hydrogen (secondary N) is 1. The van der Waals surface area contributed by atoms with Gasteiger partial charge in [0.05, 0.1) is 31.3 Å². The predicted octanol–water partition coefficient (Wildman–Crippen LogP) is 4.18. The molecule has 4 N–H and O–H groups in total. The molecule has 0 radical (unpaired) electrons. The highest BCUT2D eigenvalue weighted by Crippen LogP contribution is 2.42. The second kappa shape index (κ2) is 14.2. The Kier molecular flexibility index (Phi) is 10.2. The van der Waals surface area contributed by atoms with Crippen molar-refractivity contribution < 1.29 is 34.4 Å². The Labute approximate surface area is 252 Å². The van der Waals surface area contributed by atoms with E-state index in [4.69, 9.17) is 14.6 Å². The number of carbonyl (C=O) groups is 2. The molecule has 0 aromatic heterocycles. The number of amides is 1. The minimum atomic E-state index is -0.992. The Morgan fingerprint density at radius 2 is 1.67 bits per heavy atom. The molecule has 2 aliphatic heterocycles. The largest absolute Gasteiger partial charge is 0.481 e. The van der Waals surface area contributed by atoms with Gasteiger partial charge >= 0.3 is 5.97 Å². The molecule has 43 heavy (non-hydrogen) atoms. The highest BCUT2D eigenvalue weighted by molar-refractivity contribution is 5.80. The van der Waals surface area contributed by atoms with Crippen LogP contribution in [-0.2, 0) is 32.2 Å². The van der Waals surface area contributed by atoms with Crippen molar-refractivity contribution in [3.8, 4) is 11.1 Å². The molecule has 2 saturated heterocycles. The van der Waals surface area contributed by atoms with E-state index in [1.165, 1.54) is 0 Å². The van der Waals surface area contributed by atoms with Gasteiger partial charge in [0.2, 0.25) is 5.91 Å². The van der Waals surface area contributed by atoms with Crippen LogP contribution in [0, 0.1) is 5.92 Å². The van der Waals surface area contributed by atoms with Crippen molar-refractivity contribution in [1.29, 1.82) is 0 Å². The van der Waals surface area contributed by atoms with Crippen LogP contribution in [0.3, 0.4) is 0 Å². The van der Waals surface area contributed by atoms with Crippen LogP contribution in [-0.4, -0.2) is 63.9 Å². The van der Waals surface area contributed by atoms with Gasteiger partial charge in [0.25, 0.3) is 0 Å². The molecule has 9 nitrogen and oxygen atoms in total. The van der Waals surface area contributed by atoms with Gasteiger partial charge in [-0.2, -0.15) is 0 Å². The van der Waals surface area contributed by atoms with E-state index in [2.05, 4.69) is 17.1 Å². The van der Waals surface area contributed by atoms with Crippen LogP contribution in [0.15, 0.2) is 72.8 Å². The van der Waals surface area contributed by atoms with E-state index >= 15 is 0 Å². The van der Waals surface area contributed by atoms with Crippen molar-refractivity contribution in [2.24, 2.45) is 5.92 Å². The highest BCUT2D eigenvalue weighted by atomic mass is 16.7. The summed E-state index contributed by atoms with van der Waals surface area (Å²) in [5.41, 5.74) is 5.71. The van der Waals surface area contributed by atoms with Crippen LogP contribution in [0.1, 0.15) is 60.8 Å². The number of aliphatic hydroxyl groups excluding tert-OH is 2. The molecular formula is C34H40N2O7. The zero-order valence-electron chi connectivity index (χ0n) is 24.4. The van der Waals surface area contributed by atoms with E-state index in [1.54, 1.807) is 0 Å². The molecule has 3 aromatic carbocycles. The number of nitrogens with zero attached hydrogens (tertiary/aromatic N) is 1. The molecule has 0 saturated carbocycles. The lowest BCUT2D eigenvalue weighted by Gasteiger charge is -2.42. The summed E-state index contributed by atoms with van der Waals surface area (Å²) in [5, 5.41) is 31.1. The smallest absolute Gasteiger partial charge is 0.303 e. The molecule has 0 bridgehead atoms. The van der Waals surface area contributed by atoms with E-state index in [0.29, 0.717) is 19.6 Å². The number of carboxylic acids is 1. The maximum absolute atomic E-state index is 11.9. The van der Waals surface area contributed by atoms with E-state index in [-0.39, 0.29) is 49.6 Å². The zero-order chi connectivity index (χ0) is 30.3. The zero-order valence-corrected chi connectivity index (χ0v) is 24.4. The van der Waals surface area contributed by atoms with Gasteiger partial charge in [-0.15, -0.1) is 0 Å². The molecule has 5 atom stereocenters. The molecule has 2 aliphatic rings. The number of hydrogen-bond acceptors (Lipinski definition) is 7. The Bertz CT molecular complexity index is 1380. The molecule has 9 heteroatoms. The quantitative estimate of drug-likeness (QED) is 0.263. The summed E-state index contributed by atoms with van der Waals surface area (Å²) >= 11 is 0. The minimum Gasteiger partial charge on any atom is -0.481 e. The Morgan fingerprint density at radius 3 is 2.35 bits per heavy atom. The minimum absolute atomic E-state index is 0.0102. The van der Waals surface area contributed by atoms with Gasteiger partial charge in [0, 0.05) is 44.1 Å². The average molecular weight is 589 g/mol. The number of β-amino-alcohol motifs (C(OH)–C–C–N with tert-alkyl or cyclic N) is 1. The number of carbonyl (C=O) groups excluding carboxylic acids is 1. The summed E-state index contributed by atoms with van der Waals surface area (Å²) < 4.78 is 13.2. The van der Waals surface area contributed by atoms with Crippen LogP contribution in [0.2, 0.25) is 0 Å². The number of rotatable bonds is 11. The fourth-order valence-electron chi connectivity index (χ4n) is 5.76. The van der Waals surface area contributed by atoms with Crippen molar-refractivity contribution in [1.82, 2.24) is 10.2 Å². The number of carboxylic acid groups (broad SMARTS) is 1. The fraction of sp³-hybridized carbons (Fsp3) is 0.412. The summed E-state index contributed by atoms with van der Waals surface area (Å²) in [7, 11) is 0. The molecule has 2 heterocycles. The third-order valence-corrected chi connectivity index (χ3v) is 8.31. The first-order valence-electron chi connectivity index (χ1n) is 14.9. The summed E-state index contributed by atoms with van der Waals surface area (Å²) in [6.07, 6.45) is -0.641. The molecular weight excluding hydrogens is 548 g/mol. The first-order valence-corrected chi connectivity index (χ1v) is 14.9. The van der Waals surface area contributed by atoms with Crippen LogP contribution >= 0.6 is 0 Å². The summed E-state index contributed by atoms with van der Waals surface area (Å²) in [4.78, 5) is 24.9. The third kappa shape index (κ3) is 8.07. The molecule has 5 rings (SSSR count). The lowest BCUT2D eigenvalue weighted by Crippen LogP contribution is -2.44. The number of benzene rings is 3. The standard InChI is InChI=1S/C34H40N2O7/c1-22-30(20-36-16-15-29(38)19-36)42-34(43-33(22)26-7-5-23(21-37)6-8-26)27-11-9-25(10-12-27)28-4-2-3-24(17-28)18-35-31(39)13-14-32(40)41/h2-12,17,22,29-30,33-34,37-38H,13-16,18-21H2,1H3,(H,35,39)(H,40,41)/t22-,29+,30+,33+,34+/m1/s1. The van der Waals surface area contributed by atoms with Crippen molar-refractivity contribution in [3.63, 3.8) is 0 Å². The molecule has 0 aliphatic carbocycles. The van der Waals surface area contributed by atoms with Crippen molar-refractivity contribution in [3.05, 3.63) is 95.1 Å². The van der Waals surface area contributed by atoms with Gasteiger partial charge in [-0.3, -0.25) is 14.5 Å². The van der Waals surface area contributed by atoms with Crippen molar-refractivity contribution in [2.45, 2.75) is 63.9 Å². The Hall–Kier alpha value is -3.60. The maximum Gasteiger partial charge on any atom is 0.303 e. The lowest BCUT2D eigenvalue weighted by atomic mass is 9.90. The normalized spacial score (nSPS) is 24.1. The van der Waals surface area contributed by atoms with E-state index in [0.717, 1.165) is 46.3 Å². The monoisotopic (exact) mass is 588 g/mol. The van der Waals surface area contributed by atoms with Gasteiger partial charge < -0.3 is 30.1 Å². The topological polar surface area (TPSA) is 129 Å². The predicted molar refractivity (Wildman–Crippen MR) is 161 cm³/mol. The maximum atomic E-state index is 11.9. The number of ether oxygens (including phenoxy) is 2. The average Bonchev–Trinajstić information content (AvgIpc) is 3.44. The van der Waals surface area contributed by atoms with Gasteiger partial charge in [0.15, 0.2) is 6.29 Å². The SMILES string of the molecule is C[C@@H]1[C@H](CN2CC[C@H](O)C2)O[C@H](c2ccc(-c3cccc(CNC(=O)CCC(=O)O)c3)cc2)O[C@@H]1c1ccc(CO)cc1. The Morgan fingerprint density at radius 1 is 0.930 bits per heavy atom. The van der Waals surface area contributed by atoms with Crippen LogP contribution in [0.4, 0.5) is 0 Å². The number of aliphatic hydroxyl groups is 2. The summed E-state index contributed by atoms with van der Waals surface area (Å²) in [5.74, 6) is -1.21. The Balaban J connectivity index is 1.30. The van der Waals surface area contributed by atoms with Gasteiger partial charge in [-0.25, -0.2) is 0 Å². The van der Waals surface area contributed by atoms with Crippen molar-refractivity contribution >= 4 is 11.9 Å². The van der Waals surface area contributed by atoms with Crippen LogP contribution in [0.25, 0.3) is 11.1 Å². The number of likely N-dealkylation sites (tertiary alicyclic amines) is 1. The van der Waals surface area contributed by atoms with Gasteiger partial charge in [-0.05, 0) is 40.3 Å².